The van der Waals surface area contributed by atoms with Gasteiger partial charge in [0.2, 0.25) is 0 Å². The summed E-state index contributed by atoms with van der Waals surface area (Å²) in [4.78, 5) is 20.1. The molecule has 27 heavy (non-hydrogen) atoms. The number of oxime groups is 1. The second-order valence-electron chi connectivity index (χ2n) is 5.91. The zero-order chi connectivity index (χ0) is 18.8. The van der Waals surface area contributed by atoms with E-state index in [1.165, 1.54) is 0 Å². The summed E-state index contributed by atoms with van der Waals surface area (Å²) in [7, 11) is 0. The number of halogens is 2. The van der Waals surface area contributed by atoms with Crippen LogP contribution >= 0.6 is 23.2 Å². The minimum Gasteiger partial charge on any atom is -0.390 e. The summed E-state index contributed by atoms with van der Waals surface area (Å²) in [5.74, 6) is -0.243. The van der Waals surface area contributed by atoms with Crippen LogP contribution in [-0.4, -0.2) is 11.6 Å². The fourth-order valence-electron chi connectivity index (χ4n) is 2.95. The first-order valence-corrected chi connectivity index (χ1v) is 9.04. The van der Waals surface area contributed by atoms with Gasteiger partial charge in [0.25, 0.3) is 5.91 Å². The molecule has 0 fully saturated rings. The number of para-hydroxylation sites is 2. The molecule has 0 atom stereocenters. The van der Waals surface area contributed by atoms with Crippen molar-refractivity contribution in [3.8, 4) is 0 Å². The van der Waals surface area contributed by atoms with Gasteiger partial charge in [-0.3, -0.25) is 9.69 Å². The molecular weight excluding hydrogens is 383 g/mol. The molecule has 1 amide bonds. The van der Waals surface area contributed by atoms with Crippen LogP contribution in [0.15, 0.2) is 78.0 Å². The normalized spacial score (nSPS) is 14.5. The number of benzene rings is 3. The zero-order valence-electron chi connectivity index (χ0n) is 14.1. The lowest BCUT2D eigenvalue weighted by molar-refractivity contribution is -0.111. The van der Waals surface area contributed by atoms with Gasteiger partial charge in [-0.05, 0) is 30.3 Å². The molecular formula is C21H14Cl2N2O2. The molecule has 1 aliphatic rings. The second-order valence-corrected chi connectivity index (χ2v) is 6.72. The van der Waals surface area contributed by atoms with Gasteiger partial charge in [-0.25, -0.2) is 0 Å². The average molecular weight is 397 g/mol. The smallest absolute Gasteiger partial charge is 0.285 e. The molecule has 4 rings (SSSR count). The van der Waals surface area contributed by atoms with E-state index in [2.05, 4.69) is 5.16 Å². The number of hydrogen-bond donors (Lipinski definition) is 0. The number of carbonyl (C=O) groups excluding carboxylic acids is 1. The Hall–Kier alpha value is -2.82. The molecule has 0 N–H and O–H groups in total. The third-order valence-corrected chi connectivity index (χ3v) is 4.95. The Morgan fingerprint density at radius 2 is 1.52 bits per heavy atom. The van der Waals surface area contributed by atoms with Crippen LogP contribution in [0.2, 0.25) is 10.0 Å². The van der Waals surface area contributed by atoms with Gasteiger partial charge in [0.05, 0.1) is 5.69 Å². The minimum atomic E-state index is -0.243. The summed E-state index contributed by atoms with van der Waals surface area (Å²) < 4.78 is 0. The van der Waals surface area contributed by atoms with Crippen molar-refractivity contribution in [2.24, 2.45) is 5.16 Å². The van der Waals surface area contributed by atoms with E-state index in [9.17, 15) is 4.79 Å². The first-order chi connectivity index (χ1) is 13.2. The minimum absolute atomic E-state index is 0.0722. The van der Waals surface area contributed by atoms with Crippen LogP contribution in [0.5, 0.6) is 0 Å². The maximum absolute atomic E-state index is 13.0. The Balaban J connectivity index is 1.65. The Labute approximate surface area is 166 Å². The molecule has 0 saturated heterocycles. The lowest BCUT2D eigenvalue weighted by atomic mass is 10.1. The van der Waals surface area contributed by atoms with Crippen molar-refractivity contribution in [3.63, 3.8) is 0 Å². The maximum Gasteiger partial charge on any atom is 0.285 e. The third kappa shape index (κ3) is 3.29. The summed E-state index contributed by atoms with van der Waals surface area (Å²) in [6.45, 7) is 0.0722. The number of fused-ring (bicyclic) bond motifs is 1. The van der Waals surface area contributed by atoms with Crippen LogP contribution in [0.1, 0.15) is 11.1 Å². The summed E-state index contributed by atoms with van der Waals surface area (Å²) >= 11 is 12.3. The summed E-state index contributed by atoms with van der Waals surface area (Å²) in [6, 6.07) is 22.1. The molecule has 0 spiro atoms. The first kappa shape index (κ1) is 17.6. The maximum atomic E-state index is 13.0. The number of rotatable bonds is 4. The van der Waals surface area contributed by atoms with Crippen molar-refractivity contribution < 1.29 is 9.63 Å². The second kappa shape index (κ2) is 7.43. The highest BCUT2D eigenvalue weighted by atomic mass is 35.5. The molecule has 1 aliphatic heterocycles. The first-order valence-electron chi connectivity index (χ1n) is 8.28. The molecule has 0 aliphatic carbocycles. The van der Waals surface area contributed by atoms with Crippen molar-refractivity contribution >= 4 is 46.2 Å². The molecule has 1 heterocycles. The van der Waals surface area contributed by atoms with E-state index in [0.717, 1.165) is 16.9 Å². The summed E-state index contributed by atoms with van der Waals surface area (Å²) in [5.41, 5.74) is 3.14. The quantitative estimate of drug-likeness (QED) is 0.539. The molecule has 0 radical (unpaired) electrons. The van der Waals surface area contributed by atoms with Gasteiger partial charge in [0.1, 0.15) is 6.61 Å². The lowest BCUT2D eigenvalue weighted by Crippen LogP contribution is -2.25. The highest BCUT2D eigenvalue weighted by molar-refractivity contribution is 6.55. The van der Waals surface area contributed by atoms with Gasteiger partial charge in [0, 0.05) is 26.9 Å². The van der Waals surface area contributed by atoms with Gasteiger partial charge in [-0.15, -0.1) is 0 Å². The number of hydrogen-bond acceptors (Lipinski definition) is 3. The van der Waals surface area contributed by atoms with E-state index in [1.54, 1.807) is 23.1 Å². The Kier molecular flexibility index (Phi) is 4.84. The Morgan fingerprint density at radius 3 is 2.26 bits per heavy atom. The topological polar surface area (TPSA) is 41.9 Å². The Morgan fingerprint density at radius 1 is 0.852 bits per heavy atom. The highest BCUT2D eigenvalue weighted by Crippen LogP contribution is 2.35. The lowest BCUT2D eigenvalue weighted by Gasteiger charge is -2.16. The van der Waals surface area contributed by atoms with Crippen LogP contribution in [0.3, 0.4) is 0 Å². The van der Waals surface area contributed by atoms with Gasteiger partial charge in [-0.2, -0.15) is 0 Å². The van der Waals surface area contributed by atoms with E-state index >= 15 is 0 Å². The van der Waals surface area contributed by atoms with Gasteiger partial charge >= 0.3 is 0 Å². The monoisotopic (exact) mass is 396 g/mol. The number of nitrogens with zero attached hydrogens (tertiary/aromatic N) is 2. The standard InChI is InChI=1S/C21H14Cl2N2O2/c22-17-10-6-11-18(23)16(17)13-27-24-20-15-9-4-5-12-19(15)25(21(20)26)14-7-2-1-3-8-14/h1-12H,13H2. The van der Waals surface area contributed by atoms with Crippen LogP contribution in [0.25, 0.3) is 0 Å². The van der Waals surface area contributed by atoms with E-state index in [0.29, 0.717) is 15.6 Å². The van der Waals surface area contributed by atoms with Crippen LogP contribution in [-0.2, 0) is 16.2 Å². The number of anilines is 2. The highest BCUT2D eigenvalue weighted by Gasteiger charge is 2.35. The Bertz CT molecular complexity index is 1020. The van der Waals surface area contributed by atoms with Crippen molar-refractivity contribution in [3.05, 3.63) is 94.0 Å². The number of carbonyl (C=O) groups is 1. The van der Waals surface area contributed by atoms with E-state index in [1.807, 2.05) is 54.6 Å². The van der Waals surface area contributed by atoms with Crippen molar-refractivity contribution in [1.29, 1.82) is 0 Å². The average Bonchev–Trinajstić information content (AvgIpc) is 2.96. The van der Waals surface area contributed by atoms with E-state index in [-0.39, 0.29) is 18.2 Å². The predicted molar refractivity (Wildman–Crippen MR) is 108 cm³/mol. The van der Waals surface area contributed by atoms with Gasteiger partial charge in [0.15, 0.2) is 5.71 Å². The molecule has 6 heteroatoms. The summed E-state index contributed by atoms with van der Waals surface area (Å²) in [5, 5.41) is 5.09. The SMILES string of the molecule is O=C1C(=NOCc2c(Cl)cccc2Cl)c2ccccc2N1c1ccccc1. The van der Waals surface area contributed by atoms with Gasteiger partial charge in [-0.1, -0.05) is 70.8 Å². The molecule has 0 aromatic heterocycles. The predicted octanol–water partition coefficient (Wildman–Crippen LogP) is 5.59. The number of amides is 1. The molecule has 0 saturated carbocycles. The van der Waals surface area contributed by atoms with Gasteiger partial charge < -0.3 is 4.84 Å². The molecule has 3 aromatic rings. The molecule has 0 bridgehead atoms. The fraction of sp³-hybridized carbons (Fsp3) is 0.0476. The van der Waals surface area contributed by atoms with Crippen molar-refractivity contribution in [2.45, 2.75) is 6.61 Å². The molecule has 0 unspecified atom stereocenters. The van der Waals surface area contributed by atoms with E-state index in [4.69, 9.17) is 28.0 Å². The largest absolute Gasteiger partial charge is 0.390 e. The molecule has 3 aromatic carbocycles. The van der Waals surface area contributed by atoms with Crippen molar-refractivity contribution in [1.82, 2.24) is 0 Å². The fourth-order valence-corrected chi connectivity index (χ4v) is 3.46. The zero-order valence-corrected chi connectivity index (χ0v) is 15.6. The molecule has 134 valence electrons. The van der Waals surface area contributed by atoms with Crippen LogP contribution in [0, 0.1) is 0 Å². The van der Waals surface area contributed by atoms with Crippen LogP contribution in [0.4, 0.5) is 11.4 Å². The van der Waals surface area contributed by atoms with E-state index < -0.39 is 0 Å². The molecule has 4 nitrogen and oxygen atoms in total. The van der Waals surface area contributed by atoms with Crippen LogP contribution < -0.4 is 4.90 Å². The van der Waals surface area contributed by atoms with Crippen molar-refractivity contribution in [2.75, 3.05) is 4.90 Å². The third-order valence-electron chi connectivity index (χ3n) is 4.25. The summed E-state index contributed by atoms with van der Waals surface area (Å²) in [6.07, 6.45) is 0.